The summed E-state index contributed by atoms with van der Waals surface area (Å²) in [5, 5.41) is 0. The molecule has 0 amide bonds. The summed E-state index contributed by atoms with van der Waals surface area (Å²) in [5.41, 5.74) is 3.32. The van der Waals surface area contributed by atoms with Gasteiger partial charge in [0.2, 0.25) is 0 Å². The van der Waals surface area contributed by atoms with Crippen LogP contribution in [0.15, 0.2) is 89.9 Å². The van der Waals surface area contributed by atoms with E-state index >= 15 is 0 Å². The Bertz CT molecular complexity index is 727. The maximum Gasteiger partial charge on any atom is 0.127 e. The minimum Gasteiger partial charge on any atom is -0.496 e. The number of rotatable bonds is 5. The summed E-state index contributed by atoms with van der Waals surface area (Å²) in [4.78, 5) is 4.84. The van der Waals surface area contributed by atoms with Crippen molar-refractivity contribution in [2.75, 3.05) is 7.11 Å². The highest BCUT2D eigenvalue weighted by molar-refractivity contribution is 5.83. The van der Waals surface area contributed by atoms with Gasteiger partial charge in [0.25, 0.3) is 0 Å². The molecule has 3 aromatic rings. The predicted octanol–water partition coefficient (Wildman–Crippen LogP) is 4.90. The molecule has 0 spiro atoms. The highest BCUT2D eigenvalue weighted by atomic mass is 16.5. The van der Waals surface area contributed by atoms with Crippen molar-refractivity contribution >= 4 is 6.21 Å². The van der Waals surface area contributed by atoms with Gasteiger partial charge in [-0.3, -0.25) is 4.99 Å². The van der Waals surface area contributed by atoms with E-state index in [0.717, 1.165) is 11.3 Å². The van der Waals surface area contributed by atoms with Gasteiger partial charge in [-0.15, -0.1) is 0 Å². The lowest BCUT2D eigenvalue weighted by atomic mass is 9.99. The third-order valence-electron chi connectivity index (χ3n) is 3.73. The van der Waals surface area contributed by atoms with Crippen LogP contribution in [0.25, 0.3) is 0 Å². The maximum atomic E-state index is 5.40. The number of aliphatic imine (C=N–C) groups is 1. The van der Waals surface area contributed by atoms with Crippen molar-refractivity contribution in [3.8, 4) is 5.75 Å². The van der Waals surface area contributed by atoms with Gasteiger partial charge in [0.05, 0.1) is 13.2 Å². The van der Waals surface area contributed by atoms with E-state index in [-0.39, 0.29) is 6.04 Å². The van der Waals surface area contributed by atoms with Crippen LogP contribution in [0.3, 0.4) is 0 Å². The van der Waals surface area contributed by atoms with Gasteiger partial charge in [0, 0.05) is 11.8 Å². The van der Waals surface area contributed by atoms with Crippen molar-refractivity contribution in [3.05, 3.63) is 102 Å². The molecule has 0 saturated carbocycles. The van der Waals surface area contributed by atoms with Crippen LogP contribution >= 0.6 is 0 Å². The molecule has 0 aliphatic rings. The average molecular weight is 301 g/mol. The zero-order valence-corrected chi connectivity index (χ0v) is 13.1. The second kappa shape index (κ2) is 7.41. The maximum absolute atomic E-state index is 5.40. The molecule has 23 heavy (non-hydrogen) atoms. The van der Waals surface area contributed by atoms with Gasteiger partial charge in [0.1, 0.15) is 5.75 Å². The van der Waals surface area contributed by atoms with E-state index in [1.807, 2.05) is 66.9 Å². The molecule has 0 atom stereocenters. The van der Waals surface area contributed by atoms with Crippen molar-refractivity contribution in [2.45, 2.75) is 6.04 Å². The third-order valence-corrected chi connectivity index (χ3v) is 3.73. The molecular weight excluding hydrogens is 282 g/mol. The quantitative estimate of drug-likeness (QED) is 0.614. The van der Waals surface area contributed by atoms with Crippen LogP contribution in [0.2, 0.25) is 0 Å². The SMILES string of the molecule is COc1ccccc1C=NC(c1ccccc1)c1ccccc1. The van der Waals surface area contributed by atoms with E-state index < -0.39 is 0 Å². The molecular formula is C21H19NO. The lowest BCUT2D eigenvalue weighted by Crippen LogP contribution is -1.99. The Balaban J connectivity index is 1.98. The fraction of sp³-hybridized carbons (Fsp3) is 0.0952. The molecule has 3 aromatic carbocycles. The number of methoxy groups -OCH3 is 1. The second-order valence-corrected chi connectivity index (χ2v) is 5.24. The first-order valence-corrected chi connectivity index (χ1v) is 7.64. The lowest BCUT2D eigenvalue weighted by Gasteiger charge is -2.14. The van der Waals surface area contributed by atoms with Crippen molar-refractivity contribution in [2.24, 2.45) is 4.99 Å². The standard InChI is InChI=1S/C21H19NO/c1-23-20-15-9-8-14-19(20)16-22-21(17-10-4-2-5-11-17)18-12-6-3-7-13-18/h2-16,21H,1H3. The largest absolute Gasteiger partial charge is 0.496 e. The van der Waals surface area contributed by atoms with Crippen LogP contribution in [0, 0.1) is 0 Å². The zero-order chi connectivity index (χ0) is 15.9. The smallest absolute Gasteiger partial charge is 0.127 e. The van der Waals surface area contributed by atoms with Crippen LogP contribution in [-0.2, 0) is 0 Å². The van der Waals surface area contributed by atoms with Crippen LogP contribution < -0.4 is 4.74 Å². The van der Waals surface area contributed by atoms with Crippen molar-refractivity contribution in [3.63, 3.8) is 0 Å². The Morgan fingerprint density at radius 2 is 1.26 bits per heavy atom. The predicted molar refractivity (Wildman–Crippen MR) is 95.3 cm³/mol. The fourth-order valence-electron chi connectivity index (χ4n) is 2.56. The Hall–Kier alpha value is -2.87. The molecule has 3 rings (SSSR count). The Morgan fingerprint density at radius 1 is 0.739 bits per heavy atom. The summed E-state index contributed by atoms with van der Waals surface area (Å²) < 4.78 is 5.40. The monoisotopic (exact) mass is 301 g/mol. The van der Waals surface area contributed by atoms with Crippen molar-refractivity contribution in [1.82, 2.24) is 0 Å². The van der Waals surface area contributed by atoms with Gasteiger partial charge >= 0.3 is 0 Å². The minimum absolute atomic E-state index is 0.0256. The lowest BCUT2D eigenvalue weighted by molar-refractivity contribution is 0.414. The normalized spacial score (nSPS) is 11.0. The summed E-state index contributed by atoms with van der Waals surface area (Å²) in [5.74, 6) is 0.830. The van der Waals surface area contributed by atoms with Crippen molar-refractivity contribution in [1.29, 1.82) is 0 Å². The molecule has 0 N–H and O–H groups in total. The van der Waals surface area contributed by atoms with E-state index in [4.69, 9.17) is 9.73 Å². The molecule has 2 heteroatoms. The average Bonchev–Trinajstić information content (AvgIpc) is 2.64. The first kappa shape index (κ1) is 15.0. The molecule has 0 unspecified atom stereocenters. The summed E-state index contributed by atoms with van der Waals surface area (Å²) in [7, 11) is 1.68. The van der Waals surface area contributed by atoms with Crippen molar-refractivity contribution < 1.29 is 4.74 Å². The number of para-hydroxylation sites is 1. The Kier molecular flexibility index (Phi) is 4.85. The summed E-state index contributed by atoms with van der Waals surface area (Å²) in [6.07, 6.45) is 1.89. The molecule has 0 bridgehead atoms. The number of hydrogen-bond acceptors (Lipinski definition) is 2. The van der Waals surface area contributed by atoms with Gasteiger partial charge in [-0.2, -0.15) is 0 Å². The highest BCUT2D eigenvalue weighted by Gasteiger charge is 2.11. The third kappa shape index (κ3) is 3.67. The molecule has 0 heterocycles. The molecule has 0 aromatic heterocycles. The number of benzene rings is 3. The molecule has 0 fully saturated rings. The minimum atomic E-state index is -0.0256. The van der Waals surface area contributed by atoms with Crippen LogP contribution in [0.4, 0.5) is 0 Å². The van der Waals surface area contributed by atoms with Crippen LogP contribution in [0.5, 0.6) is 5.75 Å². The molecule has 0 radical (unpaired) electrons. The first-order chi connectivity index (χ1) is 11.4. The van der Waals surface area contributed by atoms with E-state index in [1.165, 1.54) is 11.1 Å². The van der Waals surface area contributed by atoms with Gasteiger partial charge in [0.15, 0.2) is 0 Å². The Labute approximate surface area is 137 Å². The molecule has 0 aliphatic heterocycles. The Morgan fingerprint density at radius 3 is 1.83 bits per heavy atom. The number of nitrogens with zero attached hydrogens (tertiary/aromatic N) is 1. The van der Waals surface area contributed by atoms with Gasteiger partial charge in [-0.25, -0.2) is 0 Å². The molecule has 114 valence electrons. The number of ether oxygens (including phenoxy) is 1. The fourth-order valence-corrected chi connectivity index (χ4v) is 2.56. The highest BCUT2D eigenvalue weighted by Crippen LogP contribution is 2.26. The van der Waals surface area contributed by atoms with Gasteiger partial charge in [-0.1, -0.05) is 72.8 Å². The summed E-state index contributed by atoms with van der Waals surface area (Å²) in [6.45, 7) is 0. The molecule has 2 nitrogen and oxygen atoms in total. The van der Waals surface area contributed by atoms with E-state index in [2.05, 4.69) is 24.3 Å². The van der Waals surface area contributed by atoms with Crippen LogP contribution in [0.1, 0.15) is 22.7 Å². The molecule has 0 saturated heterocycles. The summed E-state index contributed by atoms with van der Waals surface area (Å²) in [6, 6.07) is 28.5. The second-order valence-electron chi connectivity index (χ2n) is 5.24. The molecule has 0 aliphatic carbocycles. The van der Waals surface area contributed by atoms with E-state index in [0.29, 0.717) is 0 Å². The van der Waals surface area contributed by atoms with Gasteiger partial charge in [-0.05, 0) is 23.3 Å². The van der Waals surface area contributed by atoms with E-state index in [9.17, 15) is 0 Å². The topological polar surface area (TPSA) is 21.6 Å². The van der Waals surface area contributed by atoms with E-state index in [1.54, 1.807) is 7.11 Å². The van der Waals surface area contributed by atoms with Crippen LogP contribution in [-0.4, -0.2) is 13.3 Å². The zero-order valence-electron chi connectivity index (χ0n) is 13.1. The summed E-state index contributed by atoms with van der Waals surface area (Å²) >= 11 is 0. The number of hydrogen-bond donors (Lipinski definition) is 0. The first-order valence-electron chi connectivity index (χ1n) is 7.64. The van der Waals surface area contributed by atoms with Gasteiger partial charge < -0.3 is 4.74 Å².